The van der Waals surface area contributed by atoms with Gasteiger partial charge in [-0.3, -0.25) is 4.90 Å². The zero-order chi connectivity index (χ0) is 18.6. The second kappa shape index (κ2) is 7.98. The average molecular weight is 384 g/mol. The van der Waals surface area contributed by atoms with Crippen molar-refractivity contribution in [2.45, 2.75) is 13.1 Å². The molecule has 0 radical (unpaired) electrons. The number of nitrogens with one attached hydrogen (secondary N) is 1. The number of benzene rings is 1. The number of halogens is 1. The maximum atomic E-state index is 12.4. The number of hydrogen-bond donors (Lipinski definition) is 1. The van der Waals surface area contributed by atoms with E-state index in [1.807, 2.05) is 59.8 Å². The predicted octanol–water partition coefficient (Wildman–Crippen LogP) is 3.02. The fourth-order valence-electron chi connectivity index (χ4n) is 3.33. The average Bonchev–Trinajstić information content (AvgIpc) is 3.11. The fraction of sp³-hybridized carbons (Fsp3) is 0.300. The van der Waals surface area contributed by atoms with Gasteiger partial charge in [0.05, 0.1) is 11.9 Å². The van der Waals surface area contributed by atoms with Crippen LogP contribution in [-0.4, -0.2) is 51.4 Å². The molecule has 3 aromatic rings. The molecular formula is C20H22ClN5O. The maximum absolute atomic E-state index is 12.4. The Morgan fingerprint density at radius 2 is 1.85 bits per heavy atom. The zero-order valence-electron chi connectivity index (χ0n) is 15.0. The summed E-state index contributed by atoms with van der Waals surface area (Å²) >= 11 is 5.89. The lowest BCUT2D eigenvalue weighted by molar-refractivity contribution is 0.134. The van der Waals surface area contributed by atoms with Crippen molar-refractivity contribution >= 4 is 23.3 Å². The monoisotopic (exact) mass is 383 g/mol. The number of rotatable bonds is 4. The van der Waals surface area contributed by atoms with Gasteiger partial charge in [0.2, 0.25) is 0 Å². The number of pyridine rings is 1. The van der Waals surface area contributed by atoms with Crippen LogP contribution in [0.2, 0.25) is 5.02 Å². The molecule has 1 saturated heterocycles. The van der Waals surface area contributed by atoms with Crippen molar-refractivity contribution < 1.29 is 4.79 Å². The standard InChI is InChI=1S/C20H22ClN5O/c21-17-6-4-16(5-7-17)13-23-20(27)25-11-9-24(10-12-25)15-18-14-22-19-3-1-2-8-26(18)19/h1-8,14H,9-13,15H2,(H,23,27). The van der Waals surface area contributed by atoms with Crippen LogP contribution in [0.4, 0.5) is 4.79 Å². The molecule has 2 aromatic heterocycles. The summed E-state index contributed by atoms with van der Waals surface area (Å²) in [7, 11) is 0. The predicted molar refractivity (Wildman–Crippen MR) is 106 cm³/mol. The maximum Gasteiger partial charge on any atom is 0.317 e. The first-order valence-electron chi connectivity index (χ1n) is 9.09. The highest BCUT2D eigenvalue weighted by atomic mass is 35.5. The molecule has 6 nitrogen and oxygen atoms in total. The van der Waals surface area contributed by atoms with E-state index in [4.69, 9.17) is 11.6 Å². The summed E-state index contributed by atoms with van der Waals surface area (Å²) in [4.78, 5) is 21.1. The Bertz CT molecular complexity index is 916. The van der Waals surface area contributed by atoms with E-state index < -0.39 is 0 Å². The Morgan fingerprint density at radius 3 is 2.63 bits per heavy atom. The number of carbonyl (C=O) groups is 1. The number of piperazine rings is 1. The molecule has 1 aromatic carbocycles. The molecular weight excluding hydrogens is 362 g/mol. The lowest BCUT2D eigenvalue weighted by Crippen LogP contribution is -2.51. The normalized spacial score (nSPS) is 15.2. The van der Waals surface area contributed by atoms with Gasteiger partial charge >= 0.3 is 6.03 Å². The SMILES string of the molecule is O=C(NCc1ccc(Cl)cc1)N1CCN(Cc2cnc3ccccn23)CC1. The minimum absolute atomic E-state index is 0.0144. The Morgan fingerprint density at radius 1 is 1.07 bits per heavy atom. The number of imidazole rings is 1. The highest BCUT2D eigenvalue weighted by Crippen LogP contribution is 2.12. The molecule has 140 valence electrons. The van der Waals surface area contributed by atoms with E-state index in [-0.39, 0.29) is 6.03 Å². The molecule has 0 saturated carbocycles. The van der Waals surface area contributed by atoms with Crippen molar-refractivity contribution in [1.82, 2.24) is 24.5 Å². The van der Waals surface area contributed by atoms with Crippen molar-refractivity contribution in [3.8, 4) is 0 Å². The Hall–Kier alpha value is -2.57. The van der Waals surface area contributed by atoms with Crippen LogP contribution in [0, 0.1) is 0 Å². The molecule has 0 aliphatic carbocycles. The highest BCUT2D eigenvalue weighted by molar-refractivity contribution is 6.30. The number of aromatic nitrogens is 2. The van der Waals surface area contributed by atoms with Crippen molar-refractivity contribution in [2.75, 3.05) is 26.2 Å². The van der Waals surface area contributed by atoms with Gasteiger partial charge in [0.15, 0.2) is 0 Å². The number of nitrogens with zero attached hydrogens (tertiary/aromatic N) is 4. The van der Waals surface area contributed by atoms with Gasteiger partial charge in [0.25, 0.3) is 0 Å². The van der Waals surface area contributed by atoms with Gasteiger partial charge in [-0.25, -0.2) is 9.78 Å². The third-order valence-corrected chi connectivity index (χ3v) is 5.15. The minimum atomic E-state index is -0.0144. The number of hydrogen-bond acceptors (Lipinski definition) is 3. The van der Waals surface area contributed by atoms with E-state index >= 15 is 0 Å². The van der Waals surface area contributed by atoms with E-state index in [9.17, 15) is 4.79 Å². The lowest BCUT2D eigenvalue weighted by atomic mass is 10.2. The number of fused-ring (bicyclic) bond motifs is 1. The molecule has 4 rings (SSSR count). The van der Waals surface area contributed by atoms with Crippen molar-refractivity contribution in [3.05, 3.63) is 71.1 Å². The summed E-state index contributed by atoms with van der Waals surface area (Å²) in [6, 6.07) is 13.5. The van der Waals surface area contributed by atoms with Crippen LogP contribution in [0.1, 0.15) is 11.3 Å². The largest absolute Gasteiger partial charge is 0.334 e. The zero-order valence-corrected chi connectivity index (χ0v) is 15.8. The third kappa shape index (κ3) is 4.23. The van der Waals surface area contributed by atoms with Gasteiger partial charge in [-0.05, 0) is 29.8 Å². The van der Waals surface area contributed by atoms with Gasteiger partial charge < -0.3 is 14.6 Å². The number of amides is 2. The molecule has 3 heterocycles. The van der Waals surface area contributed by atoms with Crippen LogP contribution in [0.3, 0.4) is 0 Å². The smallest absolute Gasteiger partial charge is 0.317 e. The Kier molecular flexibility index (Phi) is 5.27. The van der Waals surface area contributed by atoms with Crippen LogP contribution in [0.25, 0.3) is 5.65 Å². The summed E-state index contributed by atoms with van der Waals surface area (Å²) in [6.07, 6.45) is 3.97. The Balaban J connectivity index is 1.27. The molecule has 2 amide bonds. The second-order valence-electron chi connectivity index (χ2n) is 6.73. The molecule has 0 bridgehead atoms. The molecule has 1 N–H and O–H groups in total. The van der Waals surface area contributed by atoms with Crippen molar-refractivity contribution in [3.63, 3.8) is 0 Å². The minimum Gasteiger partial charge on any atom is -0.334 e. The first-order valence-corrected chi connectivity index (χ1v) is 9.47. The molecule has 1 aliphatic rings. The quantitative estimate of drug-likeness (QED) is 0.753. The van der Waals surface area contributed by atoms with Gasteiger partial charge in [-0.1, -0.05) is 29.8 Å². The molecule has 1 fully saturated rings. The van der Waals surface area contributed by atoms with Crippen LogP contribution >= 0.6 is 11.6 Å². The van der Waals surface area contributed by atoms with Gasteiger partial charge in [0.1, 0.15) is 5.65 Å². The molecule has 0 atom stereocenters. The van der Waals surface area contributed by atoms with E-state index in [0.29, 0.717) is 11.6 Å². The molecule has 0 spiro atoms. The van der Waals surface area contributed by atoms with E-state index in [1.165, 1.54) is 5.69 Å². The topological polar surface area (TPSA) is 52.9 Å². The number of carbonyl (C=O) groups excluding carboxylic acids is 1. The van der Waals surface area contributed by atoms with Crippen LogP contribution < -0.4 is 5.32 Å². The second-order valence-corrected chi connectivity index (χ2v) is 7.16. The Labute approximate surface area is 163 Å². The third-order valence-electron chi connectivity index (χ3n) is 4.90. The first kappa shape index (κ1) is 17.8. The lowest BCUT2D eigenvalue weighted by Gasteiger charge is -2.34. The molecule has 1 aliphatic heterocycles. The van der Waals surface area contributed by atoms with Crippen molar-refractivity contribution in [2.24, 2.45) is 0 Å². The fourth-order valence-corrected chi connectivity index (χ4v) is 3.46. The summed E-state index contributed by atoms with van der Waals surface area (Å²) < 4.78 is 2.12. The van der Waals surface area contributed by atoms with Crippen LogP contribution in [0.15, 0.2) is 54.9 Å². The molecule has 27 heavy (non-hydrogen) atoms. The summed E-state index contributed by atoms with van der Waals surface area (Å²) in [5.41, 5.74) is 3.18. The summed E-state index contributed by atoms with van der Waals surface area (Å²) in [5, 5.41) is 3.69. The van der Waals surface area contributed by atoms with E-state index in [0.717, 1.165) is 43.9 Å². The van der Waals surface area contributed by atoms with Gasteiger partial charge in [0, 0.05) is 50.5 Å². The van der Waals surface area contributed by atoms with Gasteiger partial charge in [-0.15, -0.1) is 0 Å². The first-order chi connectivity index (χ1) is 13.2. The van der Waals surface area contributed by atoms with Crippen LogP contribution in [-0.2, 0) is 13.1 Å². The van der Waals surface area contributed by atoms with E-state index in [1.54, 1.807) is 0 Å². The molecule has 0 unspecified atom stereocenters. The van der Waals surface area contributed by atoms with E-state index in [2.05, 4.69) is 19.6 Å². The summed E-state index contributed by atoms with van der Waals surface area (Å²) in [6.45, 7) is 4.51. The highest BCUT2D eigenvalue weighted by Gasteiger charge is 2.21. The van der Waals surface area contributed by atoms with Crippen molar-refractivity contribution in [1.29, 1.82) is 0 Å². The summed E-state index contributed by atoms with van der Waals surface area (Å²) in [5.74, 6) is 0. The van der Waals surface area contributed by atoms with Crippen LogP contribution in [0.5, 0.6) is 0 Å². The molecule has 7 heteroatoms. The van der Waals surface area contributed by atoms with Gasteiger partial charge in [-0.2, -0.15) is 0 Å². The number of urea groups is 1.